The van der Waals surface area contributed by atoms with Crippen molar-refractivity contribution in [2.24, 2.45) is 0 Å². The van der Waals surface area contributed by atoms with Gasteiger partial charge in [0.1, 0.15) is 12.4 Å². The lowest BCUT2D eigenvalue weighted by atomic mass is 10.3. The third-order valence-corrected chi connectivity index (χ3v) is 1.29. The Morgan fingerprint density at radius 3 is 3.00 bits per heavy atom. The quantitative estimate of drug-likeness (QED) is 0.646. The van der Waals surface area contributed by atoms with Gasteiger partial charge in [-0.1, -0.05) is 6.58 Å². The molecule has 13 heavy (non-hydrogen) atoms. The van der Waals surface area contributed by atoms with Gasteiger partial charge >= 0.3 is 5.97 Å². The molecule has 0 unspecified atom stereocenters. The molecule has 66 valence electrons. The second kappa shape index (κ2) is 3.49. The van der Waals surface area contributed by atoms with E-state index in [1.54, 1.807) is 6.07 Å². The minimum absolute atomic E-state index is 0.00519. The van der Waals surface area contributed by atoms with Crippen LogP contribution in [0.5, 0.6) is 0 Å². The Kier molecular flexibility index (Phi) is 2.40. The summed E-state index contributed by atoms with van der Waals surface area (Å²) in [6.45, 7) is 3.35. The van der Waals surface area contributed by atoms with E-state index in [1.807, 2.05) is 0 Å². The number of nitriles is 1. The molecule has 0 aliphatic heterocycles. The van der Waals surface area contributed by atoms with Crippen LogP contribution in [0.2, 0.25) is 0 Å². The number of aliphatic carboxylic acids is 1. The van der Waals surface area contributed by atoms with Crippen LogP contribution in [0.1, 0.15) is 5.82 Å². The van der Waals surface area contributed by atoms with Crippen LogP contribution in [0, 0.1) is 11.3 Å². The largest absolute Gasteiger partial charge is 0.478 e. The summed E-state index contributed by atoms with van der Waals surface area (Å²) in [6.07, 6.45) is 1.28. The predicted octanol–water partition coefficient (Wildman–Crippen LogP) is -0.209. The third-order valence-electron chi connectivity index (χ3n) is 1.29. The van der Waals surface area contributed by atoms with Gasteiger partial charge in [-0.05, 0) is 0 Å². The van der Waals surface area contributed by atoms with E-state index in [1.165, 1.54) is 11.0 Å². The van der Waals surface area contributed by atoms with E-state index in [0.29, 0.717) is 0 Å². The van der Waals surface area contributed by atoms with Gasteiger partial charge in [-0.3, -0.25) is 0 Å². The van der Waals surface area contributed by atoms with Crippen LogP contribution in [0.3, 0.4) is 0 Å². The molecule has 1 heterocycles. The SMILES string of the molecule is C=C(Cn1cnc(C#N)n1)C(=O)O. The first kappa shape index (κ1) is 8.93. The van der Waals surface area contributed by atoms with Gasteiger partial charge in [0.15, 0.2) is 0 Å². The maximum atomic E-state index is 10.4. The Bertz CT molecular complexity index is 387. The van der Waals surface area contributed by atoms with Crippen molar-refractivity contribution in [3.8, 4) is 6.07 Å². The molecular formula is C7H6N4O2. The highest BCUT2D eigenvalue weighted by atomic mass is 16.4. The molecule has 6 heteroatoms. The molecule has 1 N–H and O–H groups in total. The molecule has 1 aromatic heterocycles. The van der Waals surface area contributed by atoms with Crippen LogP contribution in [0.25, 0.3) is 0 Å². The maximum Gasteiger partial charge on any atom is 0.332 e. The van der Waals surface area contributed by atoms with Crippen molar-refractivity contribution in [1.82, 2.24) is 14.8 Å². The molecule has 0 bridgehead atoms. The van der Waals surface area contributed by atoms with Crippen molar-refractivity contribution in [3.05, 3.63) is 24.3 Å². The number of carboxylic acid groups (broad SMARTS) is 1. The van der Waals surface area contributed by atoms with Crippen molar-refractivity contribution < 1.29 is 9.90 Å². The molecule has 0 saturated heterocycles. The highest BCUT2D eigenvalue weighted by molar-refractivity contribution is 5.85. The third kappa shape index (κ3) is 2.13. The van der Waals surface area contributed by atoms with E-state index >= 15 is 0 Å². The Balaban J connectivity index is 2.71. The summed E-state index contributed by atoms with van der Waals surface area (Å²) in [5, 5.41) is 20.5. The van der Waals surface area contributed by atoms with Crippen LogP contribution in [-0.2, 0) is 11.3 Å². The molecule has 1 rings (SSSR count). The number of carbonyl (C=O) groups is 1. The topological polar surface area (TPSA) is 91.8 Å². The molecular weight excluding hydrogens is 172 g/mol. The summed E-state index contributed by atoms with van der Waals surface area (Å²) < 4.78 is 1.25. The van der Waals surface area contributed by atoms with Gasteiger partial charge in [0.2, 0.25) is 0 Å². The average molecular weight is 178 g/mol. The van der Waals surface area contributed by atoms with Gasteiger partial charge < -0.3 is 5.11 Å². The van der Waals surface area contributed by atoms with Crippen LogP contribution in [-0.4, -0.2) is 25.8 Å². The standard InChI is InChI=1S/C7H6N4O2/c1-5(7(12)13)3-11-4-9-6(2-8)10-11/h4H,1,3H2,(H,12,13). The van der Waals surface area contributed by atoms with Crippen molar-refractivity contribution in [2.45, 2.75) is 6.54 Å². The van der Waals surface area contributed by atoms with E-state index < -0.39 is 5.97 Å². The Morgan fingerprint density at radius 1 is 1.85 bits per heavy atom. The summed E-state index contributed by atoms with van der Waals surface area (Å²) in [4.78, 5) is 14.0. The van der Waals surface area contributed by atoms with Crippen LogP contribution in [0.15, 0.2) is 18.5 Å². The molecule has 0 spiro atoms. The molecule has 0 saturated carbocycles. The summed E-state index contributed by atoms with van der Waals surface area (Å²) in [6, 6.07) is 1.73. The fraction of sp³-hybridized carbons (Fsp3) is 0.143. The van der Waals surface area contributed by atoms with E-state index in [4.69, 9.17) is 10.4 Å². The van der Waals surface area contributed by atoms with Crippen LogP contribution < -0.4 is 0 Å². The maximum absolute atomic E-state index is 10.4. The molecule has 0 amide bonds. The number of carboxylic acids is 1. The zero-order valence-corrected chi connectivity index (χ0v) is 6.64. The number of nitrogens with zero attached hydrogens (tertiary/aromatic N) is 4. The summed E-state index contributed by atoms with van der Waals surface area (Å²) in [7, 11) is 0. The molecule has 0 aromatic carbocycles. The molecule has 0 aliphatic rings. The van der Waals surface area contributed by atoms with Gasteiger partial charge in [0.25, 0.3) is 5.82 Å². The Labute approximate surface area is 73.7 Å². The van der Waals surface area contributed by atoms with Crippen LogP contribution >= 0.6 is 0 Å². The first-order chi connectivity index (χ1) is 6.13. The van der Waals surface area contributed by atoms with Gasteiger partial charge in [0.05, 0.1) is 12.1 Å². The van der Waals surface area contributed by atoms with Crippen molar-refractivity contribution >= 4 is 5.97 Å². The fourth-order valence-electron chi connectivity index (χ4n) is 0.685. The summed E-state index contributed by atoms with van der Waals surface area (Å²) >= 11 is 0. The first-order valence-electron chi connectivity index (χ1n) is 3.34. The average Bonchev–Trinajstić information content (AvgIpc) is 2.52. The van der Waals surface area contributed by atoms with Crippen molar-refractivity contribution in [1.29, 1.82) is 5.26 Å². The second-order valence-electron chi connectivity index (χ2n) is 2.29. The van der Waals surface area contributed by atoms with Crippen LogP contribution in [0.4, 0.5) is 0 Å². The minimum atomic E-state index is -1.09. The molecule has 0 aliphatic carbocycles. The number of hydrogen-bond acceptors (Lipinski definition) is 4. The first-order valence-corrected chi connectivity index (χ1v) is 3.34. The lowest BCUT2D eigenvalue weighted by Crippen LogP contribution is -2.08. The van der Waals surface area contributed by atoms with E-state index in [9.17, 15) is 4.79 Å². The highest BCUT2D eigenvalue weighted by Gasteiger charge is 2.06. The molecule has 1 aromatic rings. The lowest BCUT2D eigenvalue weighted by Gasteiger charge is -1.97. The number of hydrogen-bond donors (Lipinski definition) is 1. The predicted molar refractivity (Wildman–Crippen MR) is 41.5 cm³/mol. The van der Waals surface area contributed by atoms with E-state index in [0.717, 1.165) is 0 Å². The van der Waals surface area contributed by atoms with Crippen molar-refractivity contribution in [2.75, 3.05) is 0 Å². The second-order valence-corrected chi connectivity index (χ2v) is 2.29. The number of rotatable bonds is 3. The summed E-state index contributed by atoms with van der Waals surface area (Å²) in [5.74, 6) is -1.08. The zero-order chi connectivity index (χ0) is 9.84. The lowest BCUT2D eigenvalue weighted by molar-refractivity contribution is -0.132. The highest BCUT2D eigenvalue weighted by Crippen LogP contribution is 1.95. The monoisotopic (exact) mass is 178 g/mol. The minimum Gasteiger partial charge on any atom is -0.478 e. The molecule has 0 atom stereocenters. The normalized spacial score (nSPS) is 9.15. The van der Waals surface area contributed by atoms with Gasteiger partial charge in [-0.25, -0.2) is 14.5 Å². The number of aromatic nitrogens is 3. The van der Waals surface area contributed by atoms with E-state index in [2.05, 4.69) is 16.7 Å². The zero-order valence-electron chi connectivity index (χ0n) is 6.64. The fourth-order valence-corrected chi connectivity index (χ4v) is 0.685. The van der Waals surface area contributed by atoms with Gasteiger partial charge in [-0.15, -0.1) is 5.10 Å². The van der Waals surface area contributed by atoms with Gasteiger partial charge in [0, 0.05) is 0 Å². The van der Waals surface area contributed by atoms with Crippen molar-refractivity contribution in [3.63, 3.8) is 0 Å². The van der Waals surface area contributed by atoms with E-state index in [-0.39, 0.29) is 17.9 Å². The molecule has 6 nitrogen and oxygen atoms in total. The molecule has 0 radical (unpaired) electrons. The smallest absolute Gasteiger partial charge is 0.332 e. The summed E-state index contributed by atoms with van der Waals surface area (Å²) in [5.41, 5.74) is -0.00519. The Hall–Kier alpha value is -2.16. The van der Waals surface area contributed by atoms with Gasteiger partial charge in [-0.2, -0.15) is 5.26 Å². The Morgan fingerprint density at radius 2 is 2.54 bits per heavy atom. The molecule has 0 fully saturated rings.